The van der Waals surface area contributed by atoms with Crippen LogP contribution in [0.3, 0.4) is 0 Å². The Morgan fingerprint density at radius 3 is 2.70 bits per heavy atom. The molecule has 2 nitrogen and oxygen atoms in total. The van der Waals surface area contributed by atoms with Crippen molar-refractivity contribution in [1.29, 1.82) is 5.26 Å². The molecule has 0 aromatic heterocycles. The second-order valence-electron chi connectivity index (χ2n) is 2.80. The van der Waals surface area contributed by atoms with E-state index in [1.54, 1.807) is 0 Å². The number of aliphatic hydroxyl groups excluding tert-OH is 1. The van der Waals surface area contributed by atoms with Crippen LogP contribution in [0.25, 0.3) is 0 Å². The van der Waals surface area contributed by atoms with Gasteiger partial charge in [0.2, 0.25) is 0 Å². The fraction of sp³-hybridized carbons (Fsp3) is 0.625. The zero-order valence-electron chi connectivity index (χ0n) is 5.88. The van der Waals surface area contributed by atoms with E-state index in [9.17, 15) is 0 Å². The van der Waals surface area contributed by atoms with Crippen LogP contribution in [0.2, 0.25) is 0 Å². The molecule has 0 radical (unpaired) electrons. The molecule has 0 saturated heterocycles. The van der Waals surface area contributed by atoms with E-state index in [1.165, 1.54) is 0 Å². The summed E-state index contributed by atoms with van der Waals surface area (Å²) in [5.74, 6) is 0.250. The summed E-state index contributed by atoms with van der Waals surface area (Å²) in [6.07, 6.45) is 2.28. The van der Waals surface area contributed by atoms with Crippen LogP contribution in [0, 0.1) is 17.2 Å². The number of allylic oxidation sites excluding steroid dienone is 1. The summed E-state index contributed by atoms with van der Waals surface area (Å²) in [6.45, 7) is 3.62. The minimum absolute atomic E-state index is 0.199. The zero-order valence-corrected chi connectivity index (χ0v) is 5.88. The van der Waals surface area contributed by atoms with Gasteiger partial charge in [-0.1, -0.05) is 6.58 Å². The van der Waals surface area contributed by atoms with Gasteiger partial charge in [0.1, 0.15) is 0 Å². The molecule has 0 spiro atoms. The highest BCUT2D eigenvalue weighted by Gasteiger charge is 2.24. The van der Waals surface area contributed by atoms with Gasteiger partial charge in [0, 0.05) is 5.57 Å². The van der Waals surface area contributed by atoms with Crippen molar-refractivity contribution >= 4 is 0 Å². The van der Waals surface area contributed by atoms with Gasteiger partial charge in [-0.15, -0.1) is 0 Å². The van der Waals surface area contributed by atoms with E-state index in [2.05, 4.69) is 6.58 Å². The maximum absolute atomic E-state index is 9.09. The molecule has 1 rings (SSSR count). The van der Waals surface area contributed by atoms with Crippen LogP contribution >= 0.6 is 0 Å². The molecule has 0 aliphatic heterocycles. The van der Waals surface area contributed by atoms with Gasteiger partial charge < -0.3 is 5.11 Å². The predicted octanol–water partition coefficient (Wildman–Crippen LogP) is 1.23. The first-order chi connectivity index (χ1) is 4.74. The molecular formula is C8H11NO. The Morgan fingerprint density at radius 2 is 2.30 bits per heavy atom. The van der Waals surface area contributed by atoms with Gasteiger partial charge in [-0.05, 0) is 25.2 Å². The lowest BCUT2D eigenvalue weighted by atomic mass is 10.0. The van der Waals surface area contributed by atoms with E-state index in [0.717, 1.165) is 19.3 Å². The molecular weight excluding hydrogens is 126 g/mol. The van der Waals surface area contributed by atoms with Crippen molar-refractivity contribution in [3.63, 3.8) is 0 Å². The summed E-state index contributed by atoms with van der Waals surface area (Å²) >= 11 is 0. The number of nitrogens with zero attached hydrogens (tertiary/aromatic N) is 1. The lowest BCUT2D eigenvalue weighted by Crippen LogP contribution is -2.00. The third kappa shape index (κ3) is 1.37. The van der Waals surface area contributed by atoms with Gasteiger partial charge in [0.25, 0.3) is 0 Å². The highest BCUT2D eigenvalue weighted by molar-refractivity contribution is 5.20. The van der Waals surface area contributed by atoms with Crippen LogP contribution in [-0.4, -0.2) is 11.2 Å². The average Bonchev–Trinajstić information content (AvgIpc) is 2.34. The van der Waals surface area contributed by atoms with Crippen molar-refractivity contribution in [2.24, 2.45) is 5.92 Å². The molecule has 1 aliphatic rings. The van der Waals surface area contributed by atoms with Crippen molar-refractivity contribution in [3.8, 4) is 6.07 Å². The van der Waals surface area contributed by atoms with Crippen molar-refractivity contribution in [2.45, 2.75) is 25.4 Å². The van der Waals surface area contributed by atoms with Crippen LogP contribution in [0.4, 0.5) is 0 Å². The van der Waals surface area contributed by atoms with Crippen LogP contribution in [-0.2, 0) is 0 Å². The number of aliphatic hydroxyl groups is 1. The normalized spacial score (nSPS) is 31.6. The van der Waals surface area contributed by atoms with Crippen LogP contribution in [0.1, 0.15) is 19.3 Å². The van der Waals surface area contributed by atoms with Gasteiger partial charge in [0.05, 0.1) is 12.2 Å². The Labute approximate surface area is 60.8 Å². The van der Waals surface area contributed by atoms with Gasteiger partial charge in [0.15, 0.2) is 0 Å². The van der Waals surface area contributed by atoms with Gasteiger partial charge in [-0.3, -0.25) is 0 Å². The molecule has 1 N–H and O–H groups in total. The van der Waals surface area contributed by atoms with E-state index in [4.69, 9.17) is 10.4 Å². The number of nitriles is 1. The van der Waals surface area contributed by atoms with E-state index in [0.29, 0.717) is 5.57 Å². The van der Waals surface area contributed by atoms with E-state index in [1.807, 2.05) is 6.07 Å². The molecule has 0 unspecified atom stereocenters. The Hall–Kier alpha value is -0.810. The molecule has 0 amide bonds. The predicted molar refractivity (Wildman–Crippen MR) is 38.1 cm³/mol. The molecule has 1 fully saturated rings. The summed E-state index contributed by atoms with van der Waals surface area (Å²) in [4.78, 5) is 0. The molecule has 10 heavy (non-hydrogen) atoms. The molecule has 2 atom stereocenters. The standard InChI is InChI=1S/C8H11NO/c1-6(5-9)7-2-3-8(10)4-7/h7-8,10H,1-4H2/t7-,8+/m1/s1. The Balaban J connectivity index is 2.47. The molecule has 2 heteroatoms. The van der Waals surface area contributed by atoms with Crippen molar-refractivity contribution in [2.75, 3.05) is 0 Å². The lowest BCUT2D eigenvalue weighted by Gasteiger charge is -2.03. The van der Waals surface area contributed by atoms with Crippen LogP contribution in [0.5, 0.6) is 0 Å². The summed E-state index contributed by atoms with van der Waals surface area (Å²) in [6, 6.07) is 2.02. The molecule has 0 aromatic rings. The summed E-state index contributed by atoms with van der Waals surface area (Å²) in [5, 5.41) is 17.5. The van der Waals surface area contributed by atoms with Crippen molar-refractivity contribution < 1.29 is 5.11 Å². The first-order valence-electron chi connectivity index (χ1n) is 3.51. The fourth-order valence-corrected chi connectivity index (χ4v) is 1.37. The average molecular weight is 137 g/mol. The quantitative estimate of drug-likeness (QED) is 0.552. The van der Waals surface area contributed by atoms with Gasteiger partial charge >= 0.3 is 0 Å². The largest absolute Gasteiger partial charge is 0.393 e. The smallest absolute Gasteiger partial charge is 0.0943 e. The van der Waals surface area contributed by atoms with E-state index in [-0.39, 0.29) is 12.0 Å². The number of hydrogen-bond acceptors (Lipinski definition) is 2. The second kappa shape index (κ2) is 2.85. The van der Waals surface area contributed by atoms with Crippen molar-refractivity contribution in [1.82, 2.24) is 0 Å². The highest BCUT2D eigenvalue weighted by atomic mass is 16.3. The van der Waals surface area contributed by atoms with Crippen LogP contribution in [0.15, 0.2) is 12.2 Å². The summed E-state index contributed by atoms with van der Waals surface area (Å²) in [7, 11) is 0. The lowest BCUT2D eigenvalue weighted by molar-refractivity contribution is 0.180. The fourth-order valence-electron chi connectivity index (χ4n) is 1.37. The molecule has 0 heterocycles. The topological polar surface area (TPSA) is 44.0 Å². The van der Waals surface area contributed by atoms with Crippen molar-refractivity contribution in [3.05, 3.63) is 12.2 Å². The third-order valence-electron chi connectivity index (χ3n) is 2.04. The Kier molecular flexibility index (Phi) is 2.08. The number of hydrogen-bond donors (Lipinski definition) is 1. The minimum atomic E-state index is -0.199. The van der Waals surface area contributed by atoms with Gasteiger partial charge in [-0.25, -0.2) is 0 Å². The minimum Gasteiger partial charge on any atom is -0.393 e. The monoisotopic (exact) mass is 137 g/mol. The molecule has 1 saturated carbocycles. The first-order valence-corrected chi connectivity index (χ1v) is 3.51. The zero-order chi connectivity index (χ0) is 7.56. The third-order valence-corrected chi connectivity index (χ3v) is 2.04. The summed E-state index contributed by atoms with van der Waals surface area (Å²) in [5.41, 5.74) is 0.622. The maximum atomic E-state index is 9.09. The van der Waals surface area contributed by atoms with Crippen LogP contribution < -0.4 is 0 Å². The molecule has 0 aromatic carbocycles. The molecule has 54 valence electrons. The molecule has 1 aliphatic carbocycles. The maximum Gasteiger partial charge on any atom is 0.0943 e. The first kappa shape index (κ1) is 7.30. The SMILES string of the molecule is C=C(C#N)[C@@H]1CC[C@H](O)C1. The Morgan fingerprint density at radius 1 is 1.60 bits per heavy atom. The van der Waals surface area contributed by atoms with E-state index < -0.39 is 0 Å². The summed E-state index contributed by atoms with van der Waals surface area (Å²) < 4.78 is 0. The van der Waals surface area contributed by atoms with E-state index >= 15 is 0 Å². The second-order valence-corrected chi connectivity index (χ2v) is 2.80. The Bertz CT molecular complexity index is 180. The highest BCUT2D eigenvalue weighted by Crippen LogP contribution is 2.29. The molecule has 0 bridgehead atoms. The van der Waals surface area contributed by atoms with Gasteiger partial charge in [-0.2, -0.15) is 5.26 Å². The number of rotatable bonds is 1.